The van der Waals surface area contributed by atoms with Crippen molar-refractivity contribution in [3.63, 3.8) is 0 Å². The van der Waals surface area contributed by atoms with Gasteiger partial charge in [-0.3, -0.25) is 9.36 Å². The third-order valence-corrected chi connectivity index (χ3v) is 5.79. The molecule has 0 saturated heterocycles. The molecule has 9 nitrogen and oxygen atoms in total. The van der Waals surface area contributed by atoms with E-state index in [0.717, 1.165) is 46.6 Å². The lowest BCUT2D eigenvalue weighted by Crippen LogP contribution is -1.97. The molecule has 0 aliphatic carbocycles. The summed E-state index contributed by atoms with van der Waals surface area (Å²) in [7, 11) is 3.69. The van der Waals surface area contributed by atoms with Gasteiger partial charge in [-0.2, -0.15) is 10.2 Å². The first-order chi connectivity index (χ1) is 14.8. The Morgan fingerprint density at radius 1 is 0.935 bits per heavy atom. The Balaban J connectivity index is 0.000000176. The first-order valence-corrected chi connectivity index (χ1v) is 11.3. The molecule has 0 aromatic carbocycles. The molecule has 4 aromatic rings. The van der Waals surface area contributed by atoms with Gasteiger partial charge in [0.1, 0.15) is 21.1 Å². The predicted molar refractivity (Wildman–Crippen MR) is 120 cm³/mol. The van der Waals surface area contributed by atoms with Crippen LogP contribution in [0.3, 0.4) is 0 Å². The van der Waals surface area contributed by atoms with Gasteiger partial charge in [0.2, 0.25) is 0 Å². The SMILES string of the molecule is CCc1cc(C(O)c2cn(C)nc2Br)on1.CCc1cc(Cc2cn(C)nc2Br)on1. The van der Waals surface area contributed by atoms with Crippen molar-refractivity contribution in [2.45, 2.75) is 39.2 Å². The van der Waals surface area contributed by atoms with Crippen LogP contribution in [0.1, 0.15) is 54.0 Å². The van der Waals surface area contributed by atoms with Crippen molar-refractivity contribution in [3.05, 3.63) is 67.8 Å². The van der Waals surface area contributed by atoms with Crippen molar-refractivity contribution < 1.29 is 14.2 Å². The molecule has 1 atom stereocenters. The molecule has 1 N–H and O–H groups in total. The fourth-order valence-corrected chi connectivity index (χ4v) is 3.92. The third-order valence-electron chi connectivity index (χ3n) is 4.50. The topological polar surface area (TPSA) is 108 Å². The second-order valence-corrected chi connectivity index (χ2v) is 8.46. The highest BCUT2D eigenvalue weighted by molar-refractivity contribution is 9.10. The molecule has 4 rings (SSSR count). The summed E-state index contributed by atoms with van der Waals surface area (Å²) >= 11 is 6.69. The van der Waals surface area contributed by atoms with E-state index in [4.69, 9.17) is 9.05 Å². The second-order valence-electron chi connectivity index (χ2n) is 6.96. The van der Waals surface area contributed by atoms with Crippen molar-refractivity contribution in [2.24, 2.45) is 14.1 Å². The van der Waals surface area contributed by atoms with Gasteiger partial charge in [0.05, 0.1) is 11.4 Å². The minimum Gasteiger partial charge on any atom is -0.380 e. The number of hydrogen-bond donors (Lipinski definition) is 1. The van der Waals surface area contributed by atoms with Crippen molar-refractivity contribution in [3.8, 4) is 0 Å². The fraction of sp³-hybridized carbons (Fsp3) is 0.400. The van der Waals surface area contributed by atoms with E-state index in [9.17, 15) is 5.11 Å². The quantitative estimate of drug-likeness (QED) is 0.381. The monoisotopic (exact) mass is 554 g/mol. The Hall–Kier alpha value is -2.24. The highest BCUT2D eigenvalue weighted by atomic mass is 79.9. The van der Waals surface area contributed by atoms with Crippen LogP contribution >= 0.6 is 31.9 Å². The van der Waals surface area contributed by atoms with E-state index in [-0.39, 0.29) is 0 Å². The molecule has 0 amide bonds. The summed E-state index contributed by atoms with van der Waals surface area (Å²) in [6.45, 7) is 4.04. The van der Waals surface area contributed by atoms with Crippen LogP contribution in [-0.4, -0.2) is 35.0 Å². The molecule has 11 heteroatoms. The molecule has 0 aliphatic heterocycles. The van der Waals surface area contributed by atoms with Crippen molar-refractivity contribution in [1.82, 2.24) is 29.9 Å². The minimum atomic E-state index is -0.837. The largest absolute Gasteiger partial charge is 0.380 e. The van der Waals surface area contributed by atoms with Gasteiger partial charge in [-0.05, 0) is 44.7 Å². The summed E-state index contributed by atoms with van der Waals surface area (Å²) in [5.41, 5.74) is 3.59. The van der Waals surface area contributed by atoms with Crippen LogP contribution in [-0.2, 0) is 33.4 Å². The maximum atomic E-state index is 10.1. The first kappa shape index (κ1) is 23.4. The molecule has 0 bridgehead atoms. The highest BCUT2D eigenvalue weighted by Crippen LogP contribution is 2.27. The molecule has 0 aliphatic rings. The van der Waals surface area contributed by atoms with Crippen LogP contribution in [0.4, 0.5) is 0 Å². The average Bonchev–Trinajstić information content (AvgIpc) is 3.51. The lowest BCUT2D eigenvalue weighted by Gasteiger charge is -2.03. The summed E-state index contributed by atoms with van der Waals surface area (Å²) in [4.78, 5) is 0. The molecule has 0 spiro atoms. The van der Waals surface area contributed by atoms with Gasteiger partial charge in [0.25, 0.3) is 0 Å². The Morgan fingerprint density at radius 2 is 1.55 bits per heavy atom. The second kappa shape index (κ2) is 10.4. The number of aryl methyl sites for hydroxylation is 4. The fourth-order valence-electron chi connectivity index (χ4n) is 2.86. The van der Waals surface area contributed by atoms with Crippen LogP contribution in [0.25, 0.3) is 0 Å². The molecular formula is C20H24Br2N6O3. The van der Waals surface area contributed by atoms with Crippen molar-refractivity contribution in [2.75, 3.05) is 0 Å². The van der Waals surface area contributed by atoms with Gasteiger partial charge in [-0.25, -0.2) is 0 Å². The molecule has 4 aromatic heterocycles. The lowest BCUT2D eigenvalue weighted by molar-refractivity contribution is 0.175. The van der Waals surface area contributed by atoms with Gasteiger partial charge in [-0.15, -0.1) is 0 Å². The number of halogens is 2. The maximum Gasteiger partial charge on any atom is 0.170 e. The Labute approximate surface area is 196 Å². The van der Waals surface area contributed by atoms with Crippen molar-refractivity contribution in [1.29, 1.82) is 0 Å². The number of aliphatic hydroxyl groups is 1. The van der Waals surface area contributed by atoms with E-state index < -0.39 is 6.10 Å². The van der Waals surface area contributed by atoms with E-state index >= 15 is 0 Å². The Morgan fingerprint density at radius 3 is 2.06 bits per heavy atom. The van der Waals surface area contributed by atoms with Gasteiger partial charge < -0.3 is 14.2 Å². The van der Waals surface area contributed by atoms with E-state index in [1.54, 1.807) is 28.7 Å². The lowest BCUT2D eigenvalue weighted by atomic mass is 10.1. The molecule has 0 fully saturated rings. The van der Waals surface area contributed by atoms with Crippen LogP contribution in [0.15, 0.2) is 42.8 Å². The standard InChI is InChI=1S/C10H12BrN3O2.C10H12BrN3O/c1-3-6-4-8(16-13-6)9(15)7-5-14(2)12-10(7)11;1-3-8-5-9(15-13-8)4-7-6-14(2)12-10(7)11/h4-5,9,15H,3H2,1-2H3;5-6H,3-4H2,1-2H3. The van der Waals surface area contributed by atoms with Crippen LogP contribution in [0.5, 0.6) is 0 Å². The van der Waals surface area contributed by atoms with Gasteiger partial charge in [-0.1, -0.05) is 24.2 Å². The molecule has 166 valence electrons. The zero-order valence-electron chi connectivity index (χ0n) is 17.7. The zero-order valence-corrected chi connectivity index (χ0v) is 20.9. The van der Waals surface area contributed by atoms with E-state index in [1.165, 1.54) is 0 Å². The smallest absolute Gasteiger partial charge is 0.170 e. The number of aromatic nitrogens is 6. The summed E-state index contributed by atoms with van der Waals surface area (Å²) in [5, 5.41) is 26.2. The number of rotatable bonds is 6. The Kier molecular flexibility index (Phi) is 7.84. The van der Waals surface area contributed by atoms with Gasteiger partial charge in [0.15, 0.2) is 5.76 Å². The minimum absolute atomic E-state index is 0.436. The normalized spacial score (nSPS) is 12.0. The van der Waals surface area contributed by atoms with E-state index in [2.05, 4.69) is 59.3 Å². The van der Waals surface area contributed by atoms with Gasteiger partial charge in [0, 0.05) is 56.2 Å². The molecular weight excluding hydrogens is 532 g/mol. The summed E-state index contributed by atoms with van der Waals surface area (Å²) < 4.78 is 15.2. The molecule has 31 heavy (non-hydrogen) atoms. The molecule has 1 unspecified atom stereocenters. The number of hydrogen-bond acceptors (Lipinski definition) is 7. The van der Waals surface area contributed by atoms with Gasteiger partial charge >= 0.3 is 0 Å². The van der Waals surface area contributed by atoms with E-state index in [1.807, 2.05) is 26.2 Å². The summed E-state index contributed by atoms with van der Waals surface area (Å²) in [6.07, 6.45) is 5.28. The molecule has 4 heterocycles. The first-order valence-electron chi connectivity index (χ1n) is 9.75. The highest BCUT2D eigenvalue weighted by Gasteiger charge is 2.20. The van der Waals surface area contributed by atoms with E-state index in [0.29, 0.717) is 15.9 Å². The zero-order chi connectivity index (χ0) is 22.5. The summed E-state index contributed by atoms with van der Waals surface area (Å²) in [6, 6.07) is 3.74. The number of nitrogens with zero attached hydrogens (tertiary/aromatic N) is 6. The summed E-state index contributed by atoms with van der Waals surface area (Å²) in [5.74, 6) is 1.31. The Bertz CT molecular complexity index is 1130. The third kappa shape index (κ3) is 5.92. The predicted octanol–water partition coefficient (Wildman–Crippen LogP) is 4.14. The molecule has 0 saturated carbocycles. The van der Waals surface area contributed by atoms with Crippen LogP contribution in [0, 0.1) is 0 Å². The van der Waals surface area contributed by atoms with Crippen LogP contribution < -0.4 is 0 Å². The number of aliphatic hydroxyl groups excluding tert-OH is 1. The average molecular weight is 556 g/mol. The molecule has 0 radical (unpaired) electrons. The maximum absolute atomic E-state index is 10.1. The van der Waals surface area contributed by atoms with Crippen LogP contribution in [0.2, 0.25) is 0 Å². The van der Waals surface area contributed by atoms with Crippen molar-refractivity contribution >= 4 is 31.9 Å².